The van der Waals surface area contributed by atoms with Gasteiger partial charge < -0.3 is 15.2 Å². The van der Waals surface area contributed by atoms with Gasteiger partial charge in [0.05, 0.1) is 0 Å². The number of carboxylic acids is 1. The summed E-state index contributed by atoms with van der Waals surface area (Å²) in [6.45, 7) is 3.45. The molecule has 0 fully saturated rings. The van der Waals surface area contributed by atoms with E-state index in [9.17, 15) is 14.7 Å². The monoisotopic (exact) mass is 327 g/mol. The van der Waals surface area contributed by atoms with Crippen molar-refractivity contribution < 1.29 is 19.4 Å². The number of alkyl carbamates (subject to hydrolysis) is 1. The van der Waals surface area contributed by atoms with E-state index >= 15 is 0 Å². The van der Waals surface area contributed by atoms with Crippen LogP contribution in [0.4, 0.5) is 4.79 Å². The summed E-state index contributed by atoms with van der Waals surface area (Å²) in [5, 5.41) is 11.6. The highest BCUT2D eigenvalue weighted by molar-refractivity contribution is 5.80. The average Bonchev–Trinajstić information content (AvgIpc) is 2.58. The number of hydrogen-bond donors (Lipinski definition) is 2. The number of carboxylic acid groups (broad SMARTS) is 1. The van der Waals surface area contributed by atoms with Gasteiger partial charge in [-0.1, -0.05) is 74.5 Å². The predicted molar refractivity (Wildman–Crippen MR) is 90.6 cm³/mol. The van der Waals surface area contributed by atoms with Crippen molar-refractivity contribution in [3.8, 4) is 0 Å². The van der Waals surface area contributed by atoms with Crippen LogP contribution >= 0.6 is 0 Å². The van der Waals surface area contributed by atoms with Crippen molar-refractivity contribution in [3.05, 3.63) is 71.8 Å². The van der Waals surface area contributed by atoms with Crippen molar-refractivity contribution in [1.29, 1.82) is 0 Å². The lowest BCUT2D eigenvalue weighted by atomic mass is 10.0. The smallest absolute Gasteiger partial charge is 0.408 e. The summed E-state index contributed by atoms with van der Waals surface area (Å²) in [5.74, 6) is -1.33. The Hall–Kier alpha value is -2.82. The molecule has 0 saturated carbocycles. The molecule has 1 amide bonds. The van der Waals surface area contributed by atoms with Crippen molar-refractivity contribution in [1.82, 2.24) is 5.32 Å². The maximum atomic E-state index is 12.2. The van der Waals surface area contributed by atoms with E-state index in [1.165, 1.54) is 0 Å². The molecule has 0 saturated heterocycles. The minimum Gasteiger partial charge on any atom is -0.480 e. The van der Waals surface area contributed by atoms with Gasteiger partial charge in [-0.25, -0.2) is 9.59 Å². The number of aliphatic carboxylic acids is 1. The fraction of sp³-hybridized carbons (Fsp3) is 0.263. The second kappa shape index (κ2) is 8.15. The first-order valence-electron chi connectivity index (χ1n) is 7.79. The molecule has 0 bridgehead atoms. The van der Waals surface area contributed by atoms with E-state index in [4.69, 9.17) is 4.74 Å². The lowest BCUT2D eigenvalue weighted by Gasteiger charge is -2.22. The normalized spacial score (nSPS) is 12.0. The summed E-state index contributed by atoms with van der Waals surface area (Å²) < 4.78 is 5.54. The molecule has 0 radical (unpaired) electrons. The molecular formula is C19H21NO4. The molecule has 2 aromatic carbocycles. The van der Waals surface area contributed by atoms with Crippen molar-refractivity contribution in [3.63, 3.8) is 0 Å². The van der Waals surface area contributed by atoms with E-state index in [0.29, 0.717) is 0 Å². The van der Waals surface area contributed by atoms with Crippen LogP contribution in [0.15, 0.2) is 60.7 Å². The number of carbonyl (C=O) groups excluding carboxylic acids is 1. The van der Waals surface area contributed by atoms with Gasteiger partial charge in [0.25, 0.3) is 0 Å². The Morgan fingerprint density at radius 1 is 0.917 bits per heavy atom. The topological polar surface area (TPSA) is 75.6 Å². The number of rotatable bonds is 6. The van der Waals surface area contributed by atoms with Gasteiger partial charge in [0.15, 0.2) is 6.10 Å². The highest BCUT2D eigenvalue weighted by Crippen LogP contribution is 2.26. The Kier molecular flexibility index (Phi) is 5.95. The van der Waals surface area contributed by atoms with Crippen molar-refractivity contribution in [2.75, 3.05) is 0 Å². The fourth-order valence-electron chi connectivity index (χ4n) is 2.37. The highest BCUT2D eigenvalue weighted by Gasteiger charge is 2.26. The lowest BCUT2D eigenvalue weighted by molar-refractivity contribution is -0.140. The molecule has 1 atom stereocenters. The second-order valence-corrected chi connectivity index (χ2v) is 5.81. The fourth-order valence-corrected chi connectivity index (χ4v) is 2.37. The van der Waals surface area contributed by atoms with E-state index < -0.39 is 24.2 Å². The standard InChI is InChI=1S/C19H21NO4/c1-13(2)16(18(21)22)20-19(23)24-17(14-9-5-3-6-10-14)15-11-7-4-8-12-15/h3-13,16-17H,1-2H3,(H,20,23)(H,21,22)/t16-/m0/s1. The Bertz CT molecular complexity index is 631. The van der Waals surface area contributed by atoms with Gasteiger partial charge in [0.2, 0.25) is 0 Å². The maximum Gasteiger partial charge on any atom is 0.408 e. The first-order valence-corrected chi connectivity index (χ1v) is 7.79. The molecular weight excluding hydrogens is 306 g/mol. The number of hydrogen-bond acceptors (Lipinski definition) is 3. The van der Waals surface area contributed by atoms with E-state index in [0.717, 1.165) is 11.1 Å². The molecule has 2 rings (SSSR count). The van der Waals surface area contributed by atoms with E-state index in [1.807, 2.05) is 60.7 Å². The Morgan fingerprint density at radius 3 is 1.75 bits per heavy atom. The summed E-state index contributed by atoms with van der Waals surface area (Å²) >= 11 is 0. The molecule has 126 valence electrons. The highest BCUT2D eigenvalue weighted by atomic mass is 16.6. The van der Waals surface area contributed by atoms with Crippen LogP contribution in [-0.4, -0.2) is 23.2 Å². The molecule has 0 aliphatic heterocycles. The maximum absolute atomic E-state index is 12.2. The van der Waals surface area contributed by atoms with Crippen LogP contribution < -0.4 is 5.32 Å². The third kappa shape index (κ3) is 4.59. The van der Waals surface area contributed by atoms with Gasteiger partial charge in [0.1, 0.15) is 6.04 Å². The Balaban J connectivity index is 2.20. The van der Waals surface area contributed by atoms with Crippen LogP contribution in [0.3, 0.4) is 0 Å². The van der Waals surface area contributed by atoms with Crippen molar-refractivity contribution in [2.45, 2.75) is 26.0 Å². The van der Waals surface area contributed by atoms with Gasteiger partial charge in [-0.3, -0.25) is 0 Å². The second-order valence-electron chi connectivity index (χ2n) is 5.81. The summed E-state index contributed by atoms with van der Waals surface area (Å²) in [7, 11) is 0. The summed E-state index contributed by atoms with van der Waals surface area (Å²) in [6.07, 6.45) is -1.36. The molecule has 5 nitrogen and oxygen atoms in total. The van der Waals surface area contributed by atoms with Crippen LogP contribution in [0.1, 0.15) is 31.1 Å². The minimum absolute atomic E-state index is 0.248. The molecule has 2 N–H and O–H groups in total. The summed E-state index contributed by atoms with van der Waals surface area (Å²) in [6, 6.07) is 17.7. The average molecular weight is 327 g/mol. The van der Waals surface area contributed by atoms with E-state index in [-0.39, 0.29) is 5.92 Å². The predicted octanol–water partition coefficient (Wildman–Crippen LogP) is 3.61. The molecule has 0 aliphatic carbocycles. The van der Waals surface area contributed by atoms with Crippen molar-refractivity contribution >= 4 is 12.1 Å². The minimum atomic E-state index is -1.09. The SMILES string of the molecule is CC(C)[C@H](NC(=O)OC(c1ccccc1)c1ccccc1)C(=O)O. The molecule has 0 unspecified atom stereocenters. The van der Waals surface area contributed by atoms with Crippen LogP contribution in [-0.2, 0) is 9.53 Å². The third-order valence-corrected chi connectivity index (χ3v) is 3.64. The first-order chi connectivity index (χ1) is 11.5. The Morgan fingerprint density at radius 2 is 1.38 bits per heavy atom. The van der Waals surface area contributed by atoms with Gasteiger partial charge in [-0.05, 0) is 17.0 Å². The number of carbonyl (C=O) groups is 2. The van der Waals surface area contributed by atoms with Crippen LogP contribution in [0.2, 0.25) is 0 Å². The first kappa shape index (κ1) is 17.5. The summed E-state index contributed by atoms with van der Waals surface area (Å²) in [5.41, 5.74) is 1.63. The molecule has 0 aliphatic rings. The Labute approximate surface area is 141 Å². The van der Waals surface area contributed by atoms with Crippen LogP contribution in [0.25, 0.3) is 0 Å². The number of amides is 1. The molecule has 0 heterocycles. The molecule has 5 heteroatoms. The van der Waals surface area contributed by atoms with Gasteiger partial charge in [-0.2, -0.15) is 0 Å². The van der Waals surface area contributed by atoms with Crippen LogP contribution in [0, 0.1) is 5.92 Å². The van der Waals surface area contributed by atoms with Crippen molar-refractivity contribution in [2.24, 2.45) is 5.92 Å². The van der Waals surface area contributed by atoms with E-state index in [1.54, 1.807) is 13.8 Å². The zero-order chi connectivity index (χ0) is 17.5. The molecule has 2 aromatic rings. The molecule has 24 heavy (non-hydrogen) atoms. The van der Waals surface area contributed by atoms with Gasteiger partial charge in [-0.15, -0.1) is 0 Å². The third-order valence-electron chi connectivity index (χ3n) is 3.64. The van der Waals surface area contributed by atoms with E-state index in [2.05, 4.69) is 5.32 Å². The van der Waals surface area contributed by atoms with Crippen LogP contribution in [0.5, 0.6) is 0 Å². The van der Waals surface area contributed by atoms with Gasteiger partial charge >= 0.3 is 12.1 Å². The number of nitrogens with one attached hydrogen (secondary N) is 1. The summed E-state index contributed by atoms with van der Waals surface area (Å²) in [4.78, 5) is 23.5. The number of benzene rings is 2. The lowest BCUT2D eigenvalue weighted by Crippen LogP contribution is -2.44. The zero-order valence-electron chi connectivity index (χ0n) is 13.7. The zero-order valence-corrected chi connectivity index (χ0v) is 13.7. The largest absolute Gasteiger partial charge is 0.480 e. The molecule has 0 aromatic heterocycles. The molecule has 0 spiro atoms. The number of ether oxygens (including phenoxy) is 1. The van der Waals surface area contributed by atoms with Gasteiger partial charge in [0, 0.05) is 0 Å². The quantitative estimate of drug-likeness (QED) is 0.850.